The van der Waals surface area contributed by atoms with E-state index in [1.54, 1.807) is 0 Å². The summed E-state index contributed by atoms with van der Waals surface area (Å²) in [6.45, 7) is 3.38. The minimum Gasteiger partial charge on any atom is -0.299 e. The molecule has 0 bridgehead atoms. The van der Waals surface area contributed by atoms with Crippen molar-refractivity contribution < 1.29 is 0 Å². The first-order chi connectivity index (χ1) is 8.83. The fourth-order valence-corrected chi connectivity index (χ4v) is 3.00. The molecule has 3 heteroatoms. The Morgan fingerprint density at radius 2 is 1.94 bits per heavy atom. The Morgan fingerprint density at radius 3 is 2.78 bits per heavy atom. The van der Waals surface area contributed by atoms with E-state index in [-0.39, 0.29) is 0 Å². The zero-order chi connectivity index (χ0) is 12.4. The van der Waals surface area contributed by atoms with Crippen LogP contribution in [0, 0.1) is 0 Å². The van der Waals surface area contributed by atoms with Gasteiger partial charge in [0.1, 0.15) is 0 Å². The largest absolute Gasteiger partial charge is 0.299 e. The van der Waals surface area contributed by atoms with Gasteiger partial charge in [0.2, 0.25) is 0 Å². The maximum Gasteiger partial charge on any atom is 0.0746 e. The van der Waals surface area contributed by atoms with E-state index < -0.39 is 0 Å². The first kappa shape index (κ1) is 12.1. The maximum absolute atomic E-state index is 4.53. The second-order valence-electron chi connectivity index (χ2n) is 4.94. The summed E-state index contributed by atoms with van der Waals surface area (Å²) in [6, 6.07) is 10.6. The van der Waals surface area contributed by atoms with Gasteiger partial charge in [-0.25, -0.2) is 0 Å². The van der Waals surface area contributed by atoms with Crippen LogP contribution in [0.4, 0.5) is 0 Å². The van der Waals surface area contributed by atoms with Crippen LogP contribution in [-0.4, -0.2) is 27.8 Å². The number of rotatable bonds is 2. The Balaban J connectivity index is 1.82. The summed E-state index contributed by atoms with van der Waals surface area (Å²) < 4.78 is 0. The van der Waals surface area contributed by atoms with Crippen molar-refractivity contribution in [2.24, 2.45) is 0 Å². The highest BCUT2D eigenvalue weighted by atomic mass is 79.9. The average Bonchev–Trinajstić information content (AvgIpc) is 2.42. The second-order valence-corrected chi connectivity index (χ2v) is 6.24. The topological polar surface area (TPSA) is 16.1 Å². The smallest absolute Gasteiger partial charge is 0.0746 e. The third kappa shape index (κ3) is 2.57. The minimum absolute atomic E-state index is 0.708. The molecule has 1 fully saturated rings. The molecule has 0 N–H and O–H groups in total. The molecule has 3 rings (SSSR count). The predicted molar refractivity (Wildman–Crippen MR) is 79.0 cm³/mol. The van der Waals surface area contributed by atoms with Crippen molar-refractivity contribution in [3.05, 3.63) is 42.1 Å². The molecule has 0 amide bonds. The first-order valence-electron chi connectivity index (χ1n) is 6.52. The number of fused-ring (bicyclic) bond motifs is 1. The highest BCUT2D eigenvalue weighted by Crippen LogP contribution is 2.22. The number of halogens is 1. The van der Waals surface area contributed by atoms with E-state index in [1.165, 1.54) is 36.9 Å². The molecular weight excluding hydrogens is 288 g/mol. The summed E-state index contributed by atoms with van der Waals surface area (Å²) in [6.07, 6.45) is 4.38. The Kier molecular flexibility index (Phi) is 3.62. The number of piperidine rings is 1. The molecule has 2 aromatic rings. The Bertz CT molecular complexity index is 528. The lowest BCUT2D eigenvalue weighted by Gasteiger charge is -2.29. The van der Waals surface area contributed by atoms with Crippen molar-refractivity contribution in [2.75, 3.05) is 13.1 Å². The van der Waals surface area contributed by atoms with E-state index >= 15 is 0 Å². The highest BCUT2D eigenvalue weighted by molar-refractivity contribution is 9.09. The van der Waals surface area contributed by atoms with Crippen molar-refractivity contribution in [3.63, 3.8) is 0 Å². The molecule has 94 valence electrons. The third-order valence-electron chi connectivity index (χ3n) is 3.63. The Morgan fingerprint density at radius 1 is 1.17 bits per heavy atom. The molecular formula is C15H17BrN2. The van der Waals surface area contributed by atoms with Crippen molar-refractivity contribution in [2.45, 2.75) is 24.2 Å². The van der Waals surface area contributed by atoms with Crippen LogP contribution in [0.3, 0.4) is 0 Å². The van der Waals surface area contributed by atoms with Gasteiger partial charge in [0.15, 0.2) is 0 Å². The van der Waals surface area contributed by atoms with Gasteiger partial charge in [-0.2, -0.15) is 0 Å². The maximum atomic E-state index is 4.53. The number of para-hydroxylation sites is 1. The molecule has 2 nitrogen and oxygen atoms in total. The van der Waals surface area contributed by atoms with Crippen molar-refractivity contribution in [3.8, 4) is 0 Å². The van der Waals surface area contributed by atoms with Gasteiger partial charge in [-0.1, -0.05) is 40.2 Å². The van der Waals surface area contributed by atoms with E-state index in [4.69, 9.17) is 0 Å². The van der Waals surface area contributed by atoms with Crippen LogP contribution in [0.2, 0.25) is 0 Å². The van der Waals surface area contributed by atoms with Crippen molar-refractivity contribution >= 4 is 26.8 Å². The lowest BCUT2D eigenvalue weighted by atomic mass is 10.1. The van der Waals surface area contributed by atoms with Gasteiger partial charge in [0, 0.05) is 23.0 Å². The molecule has 1 aliphatic rings. The summed E-state index contributed by atoms with van der Waals surface area (Å²) in [5.74, 6) is 0. The van der Waals surface area contributed by atoms with Crippen molar-refractivity contribution in [1.82, 2.24) is 9.88 Å². The van der Waals surface area contributed by atoms with Crippen LogP contribution < -0.4 is 0 Å². The molecule has 0 atom stereocenters. The fourth-order valence-electron chi connectivity index (χ4n) is 2.60. The van der Waals surface area contributed by atoms with Gasteiger partial charge in [-0.15, -0.1) is 0 Å². The minimum atomic E-state index is 0.708. The normalized spacial score (nSPS) is 18.3. The third-order valence-corrected chi connectivity index (χ3v) is 4.54. The first-order valence-corrected chi connectivity index (χ1v) is 7.43. The van der Waals surface area contributed by atoms with Gasteiger partial charge < -0.3 is 0 Å². The Labute approximate surface area is 116 Å². The van der Waals surface area contributed by atoms with Gasteiger partial charge in [0.25, 0.3) is 0 Å². The van der Waals surface area contributed by atoms with Gasteiger partial charge in [0.05, 0.1) is 5.52 Å². The van der Waals surface area contributed by atoms with Crippen LogP contribution in [0.5, 0.6) is 0 Å². The van der Waals surface area contributed by atoms with E-state index in [2.05, 4.69) is 50.1 Å². The van der Waals surface area contributed by atoms with Crippen LogP contribution in [0.15, 0.2) is 36.5 Å². The van der Waals surface area contributed by atoms with Crippen LogP contribution in [-0.2, 0) is 6.54 Å². The zero-order valence-corrected chi connectivity index (χ0v) is 11.9. The molecule has 0 aliphatic carbocycles. The lowest BCUT2D eigenvalue weighted by Crippen LogP contribution is -2.33. The number of nitrogens with zero attached hydrogens (tertiary/aromatic N) is 2. The molecule has 0 unspecified atom stereocenters. The summed E-state index contributed by atoms with van der Waals surface area (Å²) in [7, 11) is 0. The number of alkyl halides is 1. The second kappa shape index (κ2) is 5.37. The summed E-state index contributed by atoms with van der Waals surface area (Å²) >= 11 is 3.70. The summed E-state index contributed by atoms with van der Waals surface area (Å²) in [5.41, 5.74) is 2.50. The van der Waals surface area contributed by atoms with Crippen molar-refractivity contribution in [1.29, 1.82) is 0 Å². The molecule has 0 radical (unpaired) electrons. The zero-order valence-electron chi connectivity index (χ0n) is 10.3. The number of likely N-dealkylation sites (tertiary alicyclic amines) is 1. The summed E-state index contributed by atoms with van der Waals surface area (Å²) in [4.78, 5) is 7.76. The van der Waals surface area contributed by atoms with Crippen LogP contribution in [0.1, 0.15) is 18.4 Å². The fraction of sp³-hybridized carbons (Fsp3) is 0.400. The number of pyridine rings is 1. The highest BCUT2D eigenvalue weighted by Gasteiger charge is 2.17. The molecule has 1 aromatic heterocycles. The Hall–Kier alpha value is -0.930. The standard InChI is InChI=1S/C15H17BrN2/c16-14-6-9-18(10-7-14)11-13-4-1-3-12-5-2-8-17-15(12)13/h1-5,8,14H,6-7,9-11H2. The van der Waals surface area contributed by atoms with Gasteiger partial charge in [-0.3, -0.25) is 9.88 Å². The average molecular weight is 305 g/mol. The predicted octanol–water partition coefficient (Wildman–Crippen LogP) is 3.59. The van der Waals surface area contributed by atoms with E-state index in [1.807, 2.05) is 12.3 Å². The molecule has 0 saturated carbocycles. The van der Waals surface area contributed by atoms with Crippen LogP contribution in [0.25, 0.3) is 10.9 Å². The molecule has 18 heavy (non-hydrogen) atoms. The number of hydrogen-bond acceptors (Lipinski definition) is 2. The van der Waals surface area contributed by atoms with E-state index in [0.717, 1.165) is 12.1 Å². The van der Waals surface area contributed by atoms with E-state index in [0.29, 0.717) is 4.83 Å². The van der Waals surface area contributed by atoms with E-state index in [9.17, 15) is 0 Å². The van der Waals surface area contributed by atoms with Crippen LogP contribution >= 0.6 is 15.9 Å². The molecule has 0 spiro atoms. The molecule has 1 saturated heterocycles. The molecule has 1 aliphatic heterocycles. The SMILES string of the molecule is BrC1CCN(Cc2cccc3cccnc23)CC1. The quantitative estimate of drug-likeness (QED) is 0.788. The number of hydrogen-bond donors (Lipinski definition) is 0. The molecule has 1 aromatic carbocycles. The van der Waals surface area contributed by atoms with Gasteiger partial charge in [-0.05, 0) is 37.6 Å². The monoisotopic (exact) mass is 304 g/mol. The lowest BCUT2D eigenvalue weighted by molar-refractivity contribution is 0.227. The molecule has 2 heterocycles. The number of benzene rings is 1. The number of aromatic nitrogens is 1. The summed E-state index contributed by atoms with van der Waals surface area (Å²) in [5, 5.41) is 1.24. The van der Waals surface area contributed by atoms with Gasteiger partial charge >= 0.3 is 0 Å².